The van der Waals surface area contributed by atoms with Crippen molar-refractivity contribution >= 4 is 34.6 Å². The van der Waals surface area contributed by atoms with E-state index in [0.717, 1.165) is 4.80 Å². The number of benzene rings is 1. The summed E-state index contributed by atoms with van der Waals surface area (Å²) in [5.74, 6) is -1.45. The number of rotatable bonds is 3. The maximum atomic E-state index is 10.9. The van der Waals surface area contributed by atoms with Gasteiger partial charge >= 0.3 is 5.97 Å². The zero-order valence-corrected chi connectivity index (χ0v) is 12.1. The Morgan fingerprint density at radius 3 is 2.79 bits per heavy atom. The first-order chi connectivity index (χ1) is 8.99. The highest BCUT2D eigenvalue weighted by atomic mass is 35.5. The van der Waals surface area contributed by atoms with Gasteiger partial charge in [-0.3, -0.25) is 4.79 Å². The molecule has 4 nitrogen and oxygen atoms in total. The highest BCUT2D eigenvalue weighted by Crippen LogP contribution is 2.28. The molecule has 19 heavy (non-hydrogen) atoms. The average molecular weight is 297 g/mol. The monoisotopic (exact) mass is 296 g/mol. The van der Waals surface area contributed by atoms with Gasteiger partial charge in [0.2, 0.25) is 0 Å². The topological polar surface area (TPSA) is 54.6 Å². The number of carboxylic acid groups (broad SMARTS) is 1. The Labute approximate surface area is 119 Å². The highest BCUT2D eigenvalue weighted by Gasteiger charge is 2.14. The fourth-order valence-electron chi connectivity index (χ4n) is 1.56. The fraction of sp³-hybridized carbons (Fsp3) is 0.231. The van der Waals surface area contributed by atoms with E-state index in [-0.39, 0.29) is 0 Å². The Bertz CT molecular complexity index is 675. The van der Waals surface area contributed by atoms with Crippen LogP contribution >= 0.6 is 22.9 Å². The molecule has 1 heterocycles. The molecule has 1 unspecified atom stereocenters. The normalized spacial score (nSPS) is 13.5. The maximum Gasteiger partial charge on any atom is 0.310 e. The van der Waals surface area contributed by atoms with Gasteiger partial charge in [0, 0.05) is 18.6 Å². The molecule has 0 bridgehead atoms. The molecule has 1 N–H and O–H groups in total. The van der Waals surface area contributed by atoms with Crippen LogP contribution in [-0.2, 0) is 11.8 Å². The second-order valence-corrected chi connectivity index (χ2v) is 5.46. The lowest BCUT2D eigenvalue weighted by molar-refractivity contribution is -0.138. The Morgan fingerprint density at radius 1 is 1.53 bits per heavy atom. The number of carboxylic acids is 1. The molecule has 0 saturated carbocycles. The number of halogens is 1. The molecule has 1 atom stereocenters. The molecule has 100 valence electrons. The first kappa shape index (κ1) is 13.8. The maximum absolute atomic E-state index is 10.9. The third-order valence-corrected chi connectivity index (χ3v) is 3.97. The van der Waals surface area contributed by atoms with Crippen LogP contribution in [-0.4, -0.2) is 15.6 Å². The van der Waals surface area contributed by atoms with Gasteiger partial charge in [-0.05, 0) is 24.6 Å². The molecule has 0 fully saturated rings. The van der Waals surface area contributed by atoms with Crippen LogP contribution in [0.2, 0.25) is 5.02 Å². The van der Waals surface area contributed by atoms with Crippen molar-refractivity contribution in [1.29, 1.82) is 0 Å². The molecule has 6 heteroatoms. The van der Waals surface area contributed by atoms with Crippen molar-refractivity contribution in [3.05, 3.63) is 45.2 Å². The molecule has 0 spiro atoms. The fourth-order valence-corrected chi connectivity index (χ4v) is 2.54. The van der Waals surface area contributed by atoms with Gasteiger partial charge < -0.3 is 9.67 Å². The Balaban J connectivity index is 2.41. The largest absolute Gasteiger partial charge is 0.481 e. The number of carbonyl (C=O) groups is 1. The van der Waals surface area contributed by atoms with E-state index in [0.29, 0.717) is 16.3 Å². The first-order valence-electron chi connectivity index (χ1n) is 5.66. The van der Waals surface area contributed by atoms with Crippen LogP contribution in [0.25, 0.3) is 0 Å². The van der Waals surface area contributed by atoms with E-state index >= 15 is 0 Å². The van der Waals surface area contributed by atoms with E-state index in [2.05, 4.69) is 4.99 Å². The number of aliphatic carboxylic acids is 1. The number of aryl methyl sites for hydroxylation is 1. The van der Waals surface area contributed by atoms with Crippen molar-refractivity contribution < 1.29 is 9.90 Å². The SMILES string of the molecule is CC(C(=O)O)c1ccc(/N=c2\sccn2C)c(Cl)c1. The van der Waals surface area contributed by atoms with E-state index in [1.165, 1.54) is 11.3 Å². The standard InChI is InChI=1S/C13H13ClN2O2S/c1-8(12(17)18)9-3-4-11(10(14)7-9)15-13-16(2)5-6-19-13/h3-8H,1-2H3,(H,17,18)/b15-13-. The summed E-state index contributed by atoms with van der Waals surface area (Å²) in [5, 5.41) is 11.4. The average Bonchev–Trinajstić information content (AvgIpc) is 2.76. The molecule has 0 aliphatic carbocycles. The predicted molar refractivity (Wildman–Crippen MR) is 76.0 cm³/mol. The quantitative estimate of drug-likeness (QED) is 0.946. The molecular formula is C13H13ClN2O2S. The highest BCUT2D eigenvalue weighted by molar-refractivity contribution is 7.07. The summed E-state index contributed by atoms with van der Waals surface area (Å²) in [6.07, 6.45) is 1.91. The van der Waals surface area contributed by atoms with Gasteiger partial charge in [0.15, 0.2) is 4.80 Å². The number of aromatic nitrogens is 1. The molecule has 1 aromatic carbocycles. The lowest BCUT2D eigenvalue weighted by Gasteiger charge is -2.07. The van der Waals surface area contributed by atoms with Crippen molar-refractivity contribution in [1.82, 2.24) is 4.57 Å². The third-order valence-electron chi connectivity index (χ3n) is 2.82. The number of nitrogens with zero attached hydrogens (tertiary/aromatic N) is 2. The van der Waals surface area contributed by atoms with Gasteiger partial charge in [0.05, 0.1) is 16.6 Å². The molecule has 0 radical (unpaired) electrons. The van der Waals surface area contributed by atoms with Crippen molar-refractivity contribution in [3.8, 4) is 0 Å². The van der Waals surface area contributed by atoms with E-state index in [1.54, 1.807) is 25.1 Å². The van der Waals surface area contributed by atoms with Crippen molar-refractivity contribution in [3.63, 3.8) is 0 Å². The summed E-state index contributed by atoms with van der Waals surface area (Å²) in [6.45, 7) is 1.63. The van der Waals surface area contributed by atoms with Gasteiger partial charge in [-0.25, -0.2) is 4.99 Å². The van der Waals surface area contributed by atoms with Crippen molar-refractivity contribution in [2.45, 2.75) is 12.8 Å². The van der Waals surface area contributed by atoms with Crippen LogP contribution < -0.4 is 4.80 Å². The molecule has 0 aliphatic rings. The summed E-state index contributed by atoms with van der Waals surface area (Å²) in [4.78, 5) is 16.2. The minimum Gasteiger partial charge on any atom is -0.481 e. The zero-order valence-electron chi connectivity index (χ0n) is 10.5. The minimum atomic E-state index is -0.870. The second-order valence-electron chi connectivity index (χ2n) is 4.18. The summed E-state index contributed by atoms with van der Waals surface area (Å²) in [5.41, 5.74) is 1.31. The van der Waals surface area contributed by atoms with Crippen LogP contribution in [0.5, 0.6) is 0 Å². The summed E-state index contributed by atoms with van der Waals surface area (Å²) < 4.78 is 1.90. The third kappa shape index (κ3) is 3.05. The smallest absolute Gasteiger partial charge is 0.310 e. The van der Waals surface area contributed by atoms with E-state index in [4.69, 9.17) is 16.7 Å². The van der Waals surface area contributed by atoms with Crippen LogP contribution in [0, 0.1) is 0 Å². The van der Waals surface area contributed by atoms with Crippen molar-refractivity contribution in [2.75, 3.05) is 0 Å². The lowest BCUT2D eigenvalue weighted by Crippen LogP contribution is -2.08. The molecule has 2 rings (SSSR count). The predicted octanol–water partition coefficient (Wildman–Crippen LogP) is 3.16. The molecule has 0 amide bonds. The van der Waals surface area contributed by atoms with Gasteiger partial charge in [0.25, 0.3) is 0 Å². The molecule has 0 saturated heterocycles. The number of hydrogen-bond donors (Lipinski definition) is 1. The number of thiazole rings is 1. The van der Waals surface area contributed by atoms with Gasteiger partial charge in [0.1, 0.15) is 0 Å². The summed E-state index contributed by atoms with van der Waals surface area (Å²) in [7, 11) is 1.91. The van der Waals surface area contributed by atoms with E-state index in [1.807, 2.05) is 23.2 Å². The van der Waals surface area contributed by atoms with Crippen molar-refractivity contribution in [2.24, 2.45) is 12.0 Å². The van der Waals surface area contributed by atoms with Gasteiger partial charge in [-0.15, -0.1) is 11.3 Å². The summed E-state index contributed by atoms with van der Waals surface area (Å²) >= 11 is 7.67. The summed E-state index contributed by atoms with van der Waals surface area (Å²) in [6, 6.07) is 5.15. The van der Waals surface area contributed by atoms with Crippen LogP contribution in [0.15, 0.2) is 34.8 Å². The minimum absolute atomic E-state index is 0.457. The Morgan fingerprint density at radius 2 is 2.26 bits per heavy atom. The Hall–Kier alpha value is -1.59. The van der Waals surface area contributed by atoms with Gasteiger partial charge in [-0.1, -0.05) is 17.7 Å². The molecular weight excluding hydrogens is 284 g/mol. The molecule has 2 aromatic rings. The van der Waals surface area contributed by atoms with Crippen LogP contribution in [0.4, 0.5) is 5.69 Å². The van der Waals surface area contributed by atoms with E-state index in [9.17, 15) is 4.79 Å². The molecule has 0 aliphatic heterocycles. The first-order valence-corrected chi connectivity index (χ1v) is 6.92. The molecule has 1 aromatic heterocycles. The zero-order chi connectivity index (χ0) is 14.0. The number of hydrogen-bond acceptors (Lipinski definition) is 3. The van der Waals surface area contributed by atoms with E-state index < -0.39 is 11.9 Å². The van der Waals surface area contributed by atoms with Gasteiger partial charge in [-0.2, -0.15) is 0 Å². The second kappa shape index (κ2) is 5.59. The van der Waals surface area contributed by atoms with Crippen LogP contribution in [0.1, 0.15) is 18.4 Å². The van der Waals surface area contributed by atoms with Crippen LogP contribution in [0.3, 0.4) is 0 Å². The lowest BCUT2D eigenvalue weighted by atomic mass is 10.0. The Kier molecular flexibility index (Phi) is 4.07.